The zero-order chi connectivity index (χ0) is 19.8. The Balaban J connectivity index is 1.78. The molecule has 3 rings (SSSR count). The Morgan fingerprint density at radius 2 is 1.85 bits per heavy atom. The monoisotopic (exact) mass is 392 g/mol. The fraction of sp³-hybridized carbons (Fsp3) is 0.316. The largest absolute Gasteiger partial charge is 0.481 e. The molecular formula is C19H21FN2O4S. The van der Waals surface area contributed by atoms with Crippen LogP contribution in [0.15, 0.2) is 47.4 Å². The van der Waals surface area contributed by atoms with E-state index in [2.05, 4.69) is 0 Å². The van der Waals surface area contributed by atoms with Gasteiger partial charge in [-0.15, -0.1) is 0 Å². The van der Waals surface area contributed by atoms with E-state index in [9.17, 15) is 17.6 Å². The summed E-state index contributed by atoms with van der Waals surface area (Å²) in [5.41, 5.74) is 1.49. The molecule has 1 aliphatic heterocycles. The van der Waals surface area contributed by atoms with Gasteiger partial charge in [-0.2, -0.15) is 0 Å². The number of carbonyl (C=O) groups excluding carboxylic acids is 1. The van der Waals surface area contributed by atoms with Crippen molar-refractivity contribution in [2.75, 3.05) is 25.5 Å². The maximum Gasteiger partial charge on any atom is 0.267 e. The van der Waals surface area contributed by atoms with Gasteiger partial charge in [-0.05, 0) is 61.4 Å². The second-order valence-corrected chi connectivity index (χ2v) is 8.68. The molecule has 6 nitrogen and oxygen atoms in total. The Bertz CT molecular complexity index is 958. The molecule has 27 heavy (non-hydrogen) atoms. The molecule has 0 unspecified atom stereocenters. The predicted molar refractivity (Wildman–Crippen MR) is 99.9 cm³/mol. The molecule has 0 N–H and O–H groups in total. The van der Waals surface area contributed by atoms with Crippen LogP contribution in [0.2, 0.25) is 0 Å². The number of fused-ring (bicyclic) bond motifs is 1. The summed E-state index contributed by atoms with van der Waals surface area (Å²) in [5, 5.41) is 0. The molecule has 1 amide bonds. The zero-order valence-electron chi connectivity index (χ0n) is 15.3. The lowest BCUT2D eigenvalue weighted by atomic mass is 10.2. The van der Waals surface area contributed by atoms with Crippen molar-refractivity contribution in [3.05, 3.63) is 53.8 Å². The van der Waals surface area contributed by atoms with Crippen molar-refractivity contribution in [3.8, 4) is 5.75 Å². The number of nitrogens with zero attached hydrogens (tertiary/aromatic N) is 2. The lowest BCUT2D eigenvalue weighted by molar-refractivity contribution is -0.124. The maximum absolute atomic E-state index is 13.0. The average Bonchev–Trinajstić information content (AvgIpc) is 3.06. The number of anilines is 1. The van der Waals surface area contributed by atoms with Crippen molar-refractivity contribution < 1.29 is 22.3 Å². The van der Waals surface area contributed by atoms with Crippen LogP contribution < -0.4 is 9.64 Å². The highest BCUT2D eigenvalue weighted by atomic mass is 32.2. The summed E-state index contributed by atoms with van der Waals surface area (Å²) >= 11 is 0. The molecule has 144 valence electrons. The van der Waals surface area contributed by atoms with Gasteiger partial charge in [0.2, 0.25) is 10.0 Å². The van der Waals surface area contributed by atoms with Gasteiger partial charge in [0.05, 0.1) is 4.90 Å². The van der Waals surface area contributed by atoms with Gasteiger partial charge in [0, 0.05) is 26.3 Å². The predicted octanol–water partition coefficient (Wildman–Crippen LogP) is 2.43. The second-order valence-electron chi connectivity index (χ2n) is 6.53. The van der Waals surface area contributed by atoms with E-state index in [0.717, 1.165) is 9.87 Å². The third-order valence-corrected chi connectivity index (χ3v) is 6.28. The minimum absolute atomic E-state index is 0.205. The number of hydrogen-bond donors (Lipinski definition) is 0. The highest BCUT2D eigenvalue weighted by Crippen LogP contribution is 2.31. The number of amides is 1. The van der Waals surface area contributed by atoms with Crippen molar-refractivity contribution in [2.24, 2.45) is 0 Å². The first-order valence-corrected chi connectivity index (χ1v) is 9.93. The number of benzene rings is 2. The molecule has 0 spiro atoms. The molecule has 1 atom stereocenters. The fourth-order valence-electron chi connectivity index (χ4n) is 2.97. The minimum atomic E-state index is -3.52. The summed E-state index contributed by atoms with van der Waals surface area (Å²) in [4.78, 5) is 14.6. The van der Waals surface area contributed by atoms with Gasteiger partial charge < -0.3 is 9.64 Å². The van der Waals surface area contributed by atoms with Crippen molar-refractivity contribution in [2.45, 2.75) is 24.3 Å². The van der Waals surface area contributed by atoms with E-state index in [4.69, 9.17) is 4.74 Å². The highest BCUT2D eigenvalue weighted by molar-refractivity contribution is 7.89. The van der Waals surface area contributed by atoms with Crippen molar-refractivity contribution in [1.82, 2.24) is 4.31 Å². The summed E-state index contributed by atoms with van der Waals surface area (Å²) in [6.45, 7) is 2.09. The van der Waals surface area contributed by atoms with E-state index in [-0.39, 0.29) is 16.6 Å². The second kappa shape index (κ2) is 7.28. The van der Waals surface area contributed by atoms with Crippen LogP contribution in [0, 0.1) is 5.82 Å². The first-order valence-electron chi connectivity index (χ1n) is 8.49. The minimum Gasteiger partial charge on any atom is -0.481 e. The third-order valence-electron chi connectivity index (χ3n) is 4.47. The molecule has 1 aliphatic rings. The molecular weight excluding hydrogens is 371 g/mol. The Labute approximate surface area is 158 Å². The molecule has 1 heterocycles. The molecule has 0 radical (unpaired) electrons. The Morgan fingerprint density at radius 1 is 1.19 bits per heavy atom. The number of rotatable bonds is 5. The smallest absolute Gasteiger partial charge is 0.267 e. The van der Waals surface area contributed by atoms with E-state index >= 15 is 0 Å². The summed E-state index contributed by atoms with van der Waals surface area (Å²) in [5.74, 6) is -0.205. The average molecular weight is 392 g/mol. The van der Waals surface area contributed by atoms with Crippen LogP contribution >= 0.6 is 0 Å². The molecule has 0 aliphatic carbocycles. The quantitative estimate of drug-likeness (QED) is 0.784. The normalized spacial score (nSPS) is 14.9. The molecule has 8 heteroatoms. The zero-order valence-corrected chi connectivity index (χ0v) is 16.2. The van der Waals surface area contributed by atoms with E-state index in [1.54, 1.807) is 24.0 Å². The van der Waals surface area contributed by atoms with E-state index in [1.807, 2.05) is 0 Å². The highest BCUT2D eigenvalue weighted by Gasteiger charge is 2.30. The number of ether oxygens (including phenoxy) is 1. The summed E-state index contributed by atoms with van der Waals surface area (Å²) in [6.07, 6.45) is -0.187. The SMILES string of the molecule is C[C@@H](Oc1ccc(F)cc1)C(=O)N1CCc2cc(S(=O)(=O)N(C)C)ccc21. The molecule has 0 aromatic heterocycles. The lowest BCUT2D eigenvalue weighted by Gasteiger charge is -2.22. The van der Waals surface area contributed by atoms with E-state index < -0.39 is 16.1 Å². The standard InChI is InChI=1S/C19H21FN2O4S/c1-13(26-16-6-4-15(20)5-7-16)19(23)22-11-10-14-12-17(8-9-18(14)22)27(24,25)21(2)3/h4-9,12-13H,10-11H2,1-3H3/t13-/m1/s1. The number of carbonyl (C=O) groups is 1. The lowest BCUT2D eigenvalue weighted by Crippen LogP contribution is -2.39. The van der Waals surface area contributed by atoms with Gasteiger partial charge in [0.1, 0.15) is 11.6 Å². The van der Waals surface area contributed by atoms with Gasteiger partial charge in [0.15, 0.2) is 6.10 Å². The molecule has 2 aromatic carbocycles. The number of sulfonamides is 1. The third kappa shape index (κ3) is 3.81. The molecule has 0 saturated carbocycles. The fourth-order valence-corrected chi connectivity index (χ4v) is 3.92. The van der Waals surface area contributed by atoms with Crippen molar-refractivity contribution >= 4 is 21.6 Å². The molecule has 2 aromatic rings. The van der Waals surface area contributed by atoms with Gasteiger partial charge in [-0.3, -0.25) is 4.79 Å². The van der Waals surface area contributed by atoms with Gasteiger partial charge in [0.25, 0.3) is 5.91 Å². The van der Waals surface area contributed by atoms with Gasteiger partial charge >= 0.3 is 0 Å². The maximum atomic E-state index is 13.0. The molecule has 0 bridgehead atoms. The van der Waals surface area contributed by atoms with Crippen LogP contribution in [0.4, 0.5) is 10.1 Å². The van der Waals surface area contributed by atoms with Gasteiger partial charge in [-0.25, -0.2) is 17.1 Å². The first kappa shape index (κ1) is 19.3. The number of halogens is 1. The van der Waals surface area contributed by atoms with Crippen LogP contribution in [-0.4, -0.2) is 45.4 Å². The Morgan fingerprint density at radius 3 is 2.48 bits per heavy atom. The van der Waals surface area contributed by atoms with E-state index in [0.29, 0.717) is 24.4 Å². The van der Waals surface area contributed by atoms with Crippen molar-refractivity contribution in [3.63, 3.8) is 0 Å². The van der Waals surface area contributed by atoms with Crippen LogP contribution in [0.5, 0.6) is 5.75 Å². The molecule has 0 fully saturated rings. The van der Waals surface area contributed by atoms with Crippen LogP contribution in [-0.2, 0) is 21.2 Å². The van der Waals surface area contributed by atoms with Gasteiger partial charge in [-0.1, -0.05) is 0 Å². The Hall–Kier alpha value is -2.45. The van der Waals surface area contributed by atoms with Crippen LogP contribution in [0.25, 0.3) is 0 Å². The van der Waals surface area contributed by atoms with Crippen LogP contribution in [0.3, 0.4) is 0 Å². The number of hydrogen-bond acceptors (Lipinski definition) is 4. The summed E-state index contributed by atoms with van der Waals surface area (Å²) < 4.78 is 44.3. The topological polar surface area (TPSA) is 66.9 Å². The van der Waals surface area contributed by atoms with Crippen molar-refractivity contribution in [1.29, 1.82) is 0 Å². The molecule has 0 saturated heterocycles. The summed E-state index contributed by atoms with van der Waals surface area (Å²) in [7, 11) is -0.564. The first-order chi connectivity index (χ1) is 12.7. The summed E-state index contributed by atoms with van der Waals surface area (Å²) in [6, 6.07) is 10.2. The van der Waals surface area contributed by atoms with Crippen LogP contribution in [0.1, 0.15) is 12.5 Å². The Kier molecular flexibility index (Phi) is 5.21. The van der Waals surface area contributed by atoms with E-state index in [1.165, 1.54) is 44.4 Å².